The third kappa shape index (κ3) is 3.08. The molecule has 2 fully saturated rings. The third-order valence-corrected chi connectivity index (χ3v) is 6.75. The number of aliphatic hydroxyl groups excluding tert-OH is 2. The Balaban J connectivity index is 1.54. The Morgan fingerprint density at radius 1 is 1.36 bits per heavy atom. The van der Waals surface area contributed by atoms with Crippen LogP contribution >= 0.6 is 0 Å². The molecule has 0 aromatic heterocycles. The van der Waals surface area contributed by atoms with Gasteiger partial charge in [0.1, 0.15) is 11.1 Å². The van der Waals surface area contributed by atoms with E-state index in [1.807, 2.05) is 43.3 Å². The molecule has 3 N–H and O–H groups in total. The highest BCUT2D eigenvalue weighted by molar-refractivity contribution is 5.85. The molecule has 6 heteroatoms. The maximum Gasteiger partial charge on any atom is 0.227 e. The van der Waals surface area contributed by atoms with Gasteiger partial charge in [-0.2, -0.15) is 0 Å². The van der Waals surface area contributed by atoms with Crippen LogP contribution in [-0.4, -0.2) is 46.3 Å². The summed E-state index contributed by atoms with van der Waals surface area (Å²) in [5.41, 5.74) is -1.25. The van der Waals surface area contributed by atoms with Gasteiger partial charge in [0.05, 0.1) is 25.2 Å². The molecule has 6 atom stereocenters. The minimum atomic E-state index is -1.24. The zero-order valence-corrected chi connectivity index (χ0v) is 16.2. The number of hydrogen-bond donors (Lipinski definition) is 3. The van der Waals surface area contributed by atoms with E-state index in [0.717, 1.165) is 24.8 Å². The molecule has 0 bridgehead atoms. The molecule has 0 radical (unpaired) electrons. The summed E-state index contributed by atoms with van der Waals surface area (Å²) in [7, 11) is 0. The lowest BCUT2D eigenvalue weighted by molar-refractivity contribution is -0.210. The van der Waals surface area contributed by atoms with Crippen LogP contribution in [0.25, 0.3) is 0 Å². The second-order valence-electron chi connectivity index (χ2n) is 8.33. The second kappa shape index (κ2) is 7.59. The minimum absolute atomic E-state index is 0.121. The number of allylic oxidation sites excluding steroid dienone is 1. The van der Waals surface area contributed by atoms with Crippen LogP contribution in [0.3, 0.4) is 0 Å². The van der Waals surface area contributed by atoms with Crippen LogP contribution in [0, 0.1) is 11.8 Å². The van der Waals surface area contributed by atoms with Crippen LogP contribution in [-0.2, 0) is 20.9 Å². The largest absolute Gasteiger partial charge is 0.394 e. The van der Waals surface area contributed by atoms with Crippen LogP contribution < -0.4 is 5.32 Å². The summed E-state index contributed by atoms with van der Waals surface area (Å²) in [6, 6.07) is 9.79. The molecule has 6 nitrogen and oxygen atoms in total. The van der Waals surface area contributed by atoms with Gasteiger partial charge in [-0.05, 0) is 31.7 Å². The lowest BCUT2D eigenvalue weighted by atomic mass is 9.69. The van der Waals surface area contributed by atoms with E-state index < -0.39 is 29.5 Å². The van der Waals surface area contributed by atoms with E-state index in [0.29, 0.717) is 13.0 Å². The Morgan fingerprint density at radius 2 is 2.14 bits per heavy atom. The Labute approximate surface area is 165 Å². The summed E-state index contributed by atoms with van der Waals surface area (Å²) in [4.78, 5) is 12.8. The zero-order valence-electron chi connectivity index (χ0n) is 16.2. The van der Waals surface area contributed by atoms with E-state index in [1.54, 1.807) is 0 Å². The first-order valence-corrected chi connectivity index (χ1v) is 10.1. The summed E-state index contributed by atoms with van der Waals surface area (Å²) >= 11 is 0. The van der Waals surface area contributed by atoms with E-state index in [-0.39, 0.29) is 18.4 Å². The Kier molecular flexibility index (Phi) is 5.31. The van der Waals surface area contributed by atoms with E-state index >= 15 is 0 Å². The highest BCUT2D eigenvalue weighted by atomic mass is 16.7. The molecule has 2 heterocycles. The van der Waals surface area contributed by atoms with Crippen LogP contribution in [0.2, 0.25) is 0 Å². The Bertz CT molecular complexity index is 738. The number of aliphatic hydroxyl groups is 2. The Morgan fingerprint density at radius 3 is 2.82 bits per heavy atom. The third-order valence-electron chi connectivity index (χ3n) is 6.75. The van der Waals surface area contributed by atoms with Gasteiger partial charge in [0.2, 0.25) is 5.91 Å². The van der Waals surface area contributed by atoms with Gasteiger partial charge < -0.3 is 25.0 Å². The predicted octanol–water partition coefficient (Wildman–Crippen LogP) is 1.90. The first-order valence-electron chi connectivity index (χ1n) is 10.1. The van der Waals surface area contributed by atoms with Crippen molar-refractivity contribution in [3.05, 3.63) is 48.0 Å². The van der Waals surface area contributed by atoms with Crippen molar-refractivity contribution in [3.63, 3.8) is 0 Å². The van der Waals surface area contributed by atoms with Crippen LogP contribution in [0.1, 0.15) is 38.2 Å². The van der Waals surface area contributed by atoms with Gasteiger partial charge in [0.25, 0.3) is 0 Å². The van der Waals surface area contributed by atoms with E-state index in [1.165, 1.54) is 0 Å². The molecule has 28 heavy (non-hydrogen) atoms. The fourth-order valence-electron chi connectivity index (χ4n) is 5.02. The number of carbonyl (C=O) groups excluding carboxylic acids is 1. The molecule has 3 aliphatic rings. The maximum atomic E-state index is 12.8. The summed E-state index contributed by atoms with van der Waals surface area (Å²) in [6.45, 7) is 1.81. The van der Waals surface area contributed by atoms with Gasteiger partial charge in [0.15, 0.2) is 6.29 Å². The summed E-state index contributed by atoms with van der Waals surface area (Å²) in [5.74, 6) is -0.784. The first kappa shape index (κ1) is 19.6. The molecular weight excluding hydrogens is 358 g/mol. The lowest BCUT2D eigenvalue weighted by Gasteiger charge is -2.46. The zero-order chi connectivity index (χ0) is 19.8. The number of benzene rings is 1. The van der Waals surface area contributed by atoms with Gasteiger partial charge in [-0.1, -0.05) is 42.5 Å². The maximum absolute atomic E-state index is 12.8. The molecule has 0 saturated carbocycles. The average Bonchev–Trinajstić information content (AvgIpc) is 3.18. The number of fused-ring (bicyclic) bond motifs is 1. The number of amides is 1. The van der Waals surface area contributed by atoms with E-state index in [9.17, 15) is 15.0 Å². The molecule has 1 amide bonds. The fraction of sp³-hybridized carbons (Fsp3) is 0.591. The molecule has 152 valence electrons. The van der Waals surface area contributed by atoms with Crippen molar-refractivity contribution >= 4 is 5.91 Å². The van der Waals surface area contributed by atoms with Crippen LogP contribution in [0.5, 0.6) is 0 Å². The molecule has 4 rings (SSSR count). The minimum Gasteiger partial charge on any atom is -0.394 e. The molecule has 2 aliphatic heterocycles. The van der Waals surface area contributed by atoms with Gasteiger partial charge in [-0.3, -0.25) is 4.79 Å². The number of ether oxygens (including phenoxy) is 2. The van der Waals surface area contributed by atoms with Crippen molar-refractivity contribution in [2.75, 3.05) is 6.61 Å². The molecule has 2 saturated heterocycles. The average molecular weight is 387 g/mol. The number of rotatable bonds is 6. The quantitative estimate of drug-likeness (QED) is 0.649. The SMILES string of the molecule is C[C@]12OC(OCc3ccccc3)C[C@H]1C(=O)N[C@]2(CO)[C@H](O)[C@@H]1C=CCCC1. The summed E-state index contributed by atoms with van der Waals surface area (Å²) in [5, 5.41) is 24.4. The smallest absolute Gasteiger partial charge is 0.227 e. The van der Waals surface area contributed by atoms with Crippen molar-refractivity contribution in [2.45, 2.75) is 62.7 Å². The topological polar surface area (TPSA) is 88.0 Å². The van der Waals surface area contributed by atoms with E-state index in [2.05, 4.69) is 11.4 Å². The molecule has 1 unspecified atom stereocenters. The number of carbonyl (C=O) groups is 1. The van der Waals surface area contributed by atoms with Gasteiger partial charge >= 0.3 is 0 Å². The van der Waals surface area contributed by atoms with Crippen molar-refractivity contribution < 1.29 is 24.5 Å². The standard InChI is InChI=1S/C22H29NO5/c1-21-17(12-18(28-21)27-13-15-8-4-2-5-9-15)20(26)23-22(21,14-24)19(25)16-10-6-3-7-11-16/h2,4-6,8-10,16-19,24-25H,3,7,11-14H2,1H3,(H,23,26)/t16-,17+,18?,19-,21+,22-/m1/s1. The van der Waals surface area contributed by atoms with Crippen molar-refractivity contribution in [2.24, 2.45) is 11.8 Å². The van der Waals surface area contributed by atoms with Gasteiger partial charge in [-0.25, -0.2) is 0 Å². The van der Waals surface area contributed by atoms with Crippen LogP contribution in [0.15, 0.2) is 42.5 Å². The van der Waals surface area contributed by atoms with Crippen LogP contribution in [0.4, 0.5) is 0 Å². The van der Waals surface area contributed by atoms with Gasteiger partial charge in [-0.15, -0.1) is 0 Å². The van der Waals surface area contributed by atoms with E-state index in [4.69, 9.17) is 9.47 Å². The molecule has 1 aliphatic carbocycles. The number of hydrogen-bond acceptors (Lipinski definition) is 5. The molecule has 0 spiro atoms. The van der Waals surface area contributed by atoms with Gasteiger partial charge in [0, 0.05) is 12.3 Å². The lowest BCUT2D eigenvalue weighted by Crippen LogP contribution is -2.68. The normalized spacial score (nSPS) is 38.2. The first-order chi connectivity index (χ1) is 13.5. The summed E-state index contributed by atoms with van der Waals surface area (Å²) < 4.78 is 12.2. The fourth-order valence-corrected chi connectivity index (χ4v) is 5.02. The van der Waals surface area contributed by atoms with Crippen molar-refractivity contribution in [1.29, 1.82) is 0 Å². The molecular formula is C22H29NO5. The Hall–Kier alpha value is -1.73. The second-order valence-corrected chi connectivity index (χ2v) is 8.33. The highest BCUT2D eigenvalue weighted by Gasteiger charge is 2.70. The van der Waals surface area contributed by atoms with Crippen molar-refractivity contribution in [3.8, 4) is 0 Å². The monoisotopic (exact) mass is 387 g/mol. The predicted molar refractivity (Wildman–Crippen MR) is 103 cm³/mol. The van der Waals surface area contributed by atoms with Crippen molar-refractivity contribution in [1.82, 2.24) is 5.32 Å². The molecule has 1 aromatic carbocycles. The number of nitrogens with one attached hydrogen (secondary N) is 1. The summed E-state index contributed by atoms with van der Waals surface area (Å²) in [6.07, 6.45) is 5.77. The molecule has 1 aromatic rings. The highest BCUT2D eigenvalue weighted by Crippen LogP contribution is 2.51.